The summed E-state index contributed by atoms with van der Waals surface area (Å²) >= 11 is 0. The van der Waals surface area contributed by atoms with E-state index in [1.807, 2.05) is 13.8 Å². The van der Waals surface area contributed by atoms with Gasteiger partial charge in [-0.15, -0.1) is 0 Å². The number of hydrogen-bond donors (Lipinski definition) is 1. The number of nitrogens with zero attached hydrogens (tertiary/aromatic N) is 2. The number of aryl methyl sites for hydroxylation is 1. The van der Waals surface area contributed by atoms with Crippen LogP contribution in [0.15, 0.2) is 22.7 Å². The lowest BCUT2D eigenvalue weighted by molar-refractivity contribution is 0.350. The van der Waals surface area contributed by atoms with Crippen LogP contribution in [0.25, 0.3) is 11.4 Å². The van der Waals surface area contributed by atoms with Crippen LogP contribution in [0.2, 0.25) is 0 Å². The van der Waals surface area contributed by atoms with E-state index in [4.69, 9.17) is 10.3 Å². The molecule has 0 aliphatic carbocycles. The quantitative estimate of drug-likeness (QED) is 0.879. The summed E-state index contributed by atoms with van der Waals surface area (Å²) in [7, 11) is 0. The van der Waals surface area contributed by atoms with Crippen molar-refractivity contribution in [3.05, 3.63) is 35.5 Å². The van der Waals surface area contributed by atoms with E-state index in [2.05, 4.69) is 17.1 Å². The number of aromatic nitrogens is 2. The maximum Gasteiger partial charge on any atom is 0.229 e. The molecule has 0 amide bonds. The van der Waals surface area contributed by atoms with E-state index >= 15 is 0 Å². The van der Waals surface area contributed by atoms with E-state index in [-0.39, 0.29) is 17.8 Å². The lowest BCUT2D eigenvalue weighted by atomic mass is 10.0. The van der Waals surface area contributed by atoms with Crippen LogP contribution in [0.4, 0.5) is 4.39 Å². The van der Waals surface area contributed by atoms with Crippen LogP contribution in [-0.4, -0.2) is 16.2 Å². The lowest BCUT2D eigenvalue weighted by Crippen LogP contribution is -2.14. The Morgan fingerprint density at radius 3 is 2.76 bits per heavy atom. The van der Waals surface area contributed by atoms with E-state index in [1.54, 1.807) is 6.07 Å². The molecule has 1 aromatic carbocycles. The molecule has 0 bridgehead atoms. The molecule has 0 aliphatic rings. The van der Waals surface area contributed by atoms with Crippen LogP contribution in [0.3, 0.4) is 0 Å². The molecule has 0 saturated heterocycles. The second-order valence-corrected chi connectivity index (χ2v) is 5.72. The van der Waals surface area contributed by atoms with Crippen molar-refractivity contribution in [3.8, 4) is 11.4 Å². The van der Waals surface area contributed by atoms with Gasteiger partial charge < -0.3 is 10.3 Å². The van der Waals surface area contributed by atoms with Gasteiger partial charge in [0.15, 0.2) is 0 Å². The summed E-state index contributed by atoms with van der Waals surface area (Å²) in [6, 6.07) is 4.79. The Morgan fingerprint density at radius 2 is 2.05 bits per heavy atom. The highest BCUT2D eigenvalue weighted by Crippen LogP contribution is 2.25. The summed E-state index contributed by atoms with van der Waals surface area (Å²) in [4.78, 5) is 4.40. The van der Waals surface area contributed by atoms with Gasteiger partial charge in [-0.3, -0.25) is 0 Å². The Labute approximate surface area is 124 Å². The summed E-state index contributed by atoms with van der Waals surface area (Å²) < 4.78 is 18.7. The Balaban J connectivity index is 2.08. The standard InChI is InChI=1S/C16H22FN3O/c1-10-7-8-13(17)9-14(10)15-19-16(21-20-15)11(2)5-4-6-12(3)18/h7-9,11-12H,4-6,18H2,1-3H3. The molecular weight excluding hydrogens is 269 g/mol. The third-order valence-electron chi connectivity index (χ3n) is 3.60. The summed E-state index contributed by atoms with van der Waals surface area (Å²) in [6.45, 7) is 5.95. The smallest absolute Gasteiger partial charge is 0.229 e. The van der Waals surface area contributed by atoms with E-state index in [0.717, 1.165) is 24.8 Å². The zero-order valence-electron chi connectivity index (χ0n) is 12.8. The van der Waals surface area contributed by atoms with Gasteiger partial charge in [0, 0.05) is 17.5 Å². The number of rotatable bonds is 6. The highest BCUT2D eigenvalue weighted by atomic mass is 19.1. The lowest BCUT2D eigenvalue weighted by Gasteiger charge is -2.07. The number of benzene rings is 1. The van der Waals surface area contributed by atoms with Gasteiger partial charge in [0.25, 0.3) is 0 Å². The van der Waals surface area contributed by atoms with Crippen LogP contribution >= 0.6 is 0 Å². The first kappa shape index (κ1) is 15.6. The molecule has 114 valence electrons. The predicted molar refractivity (Wildman–Crippen MR) is 80.3 cm³/mol. The Kier molecular flexibility index (Phi) is 5.07. The molecule has 5 heteroatoms. The summed E-state index contributed by atoms with van der Waals surface area (Å²) in [5.74, 6) is 0.921. The minimum Gasteiger partial charge on any atom is -0.339 e. The summed E-state index contributed by atoms with van der Waals surface area (Å²) in [6.07, 6.45) is 2.95. The van der Waals surface area contributed by atoms with Gasteiger partial charge >= 0.3 is 0 Å². The van der Waals surface area contributed by atoms with E-state index < -0.39 is 0 Å². The molecule has 0 aliphatic heterocycles. The fraction of sp³-hybridized carbons (Fsp3) is 0.500. The number of halogens is 1. The molecule has 1 aromatic heterocycles. The van der Waals surface area contributed by atoms with Crippen molar-refractivity contribution in [1.82, 2.24) is 10.1 Å². The molecule has 0 radical (unpaired) electrons. The Morgan fingerprint density at radius 1 is 1.29 bits per heavy atom. The van der Waals surface area contributed by atoms with Gasteiger partial charge in [0.05, 0.1) is 0 Å². The van der Waals surface area contributed by atoms with Crippen molar-refractivity contribution in [2.45, 2.75) is 52.0 Å². The van der Waals surface area contributed by atoms with Crippen molar-refractivity contribution in [2.24, 2.45) is 5.73 Å². The molecule has 2 N–H and O–H groups in total. The van der Waals surface area contributed by atoms with E-state index in [0.29, 0.717) is 17.3 Å². The van der Waals surface area contributed by atoms with E-state index in [1.165, 1.54) is 12.1 Å². The van der Waals surface area contributed by atoms with Gasteiger partial charge in [-0.1, -0.05) is 24.6 Å². The molecule has 0 fully saturated rings. The first-order valence-corrected chi connectivity index (χ1v) is 7.33. The van der Waals surface area contributed by atoms with E-state index in [9.17, 15) is 4.39 Å². The molecule has 2 atom stereocenters. The van der Waals surface area contributed by atoms with Crippen molar-refractivity contribution < 1.29 is 8.91 Å². The van der Waals surface area contributed by atoms with Crippen molar-refractivity contribution in [1.29, 1.82) is 0 Å². The van der Waals surface area contributed by atoms with Crippen LogP contribution in [-0.2, 0) is 0 Å². The van der Waals surface area contributed by atoms with Crippen molar-refractivity contribution in [3.63, 3.8) is 0 Å². The minimum absolute atomic E-state index is 0.180. The monoisotopic (exact) mass is 291 g/mol. The fourth-order valence-electron chi connectivity index (χ4n) is 2.25. The van der Waals surface area contributed by atoms with Gasteiger partial charge in [0.1, 0.15) is 5.82 Å². The zero-order chi connectivity index (χ0) is 15.4. The SMILES string of the molecule is Cc1ccc(F)cc1-c1noc(C(C)CCCC(C)N)n1. The van der Waals surface area contributed by atoms with Gasteiger partial charge in [0.2, 0.25) is 11.7 Å². The van der Waals surface area contributed by atoms with Crippen molar-refractivity contribution in [2.75, 3.05) is 0 Å². The molecule has 4 nitrogen and oxygen atoms in total. The molecular formula is C16H22FN3O. The topological polar surface area (TPSA) is 64.9 Å². The molecule has 0 saturated carbocycles. The van der Waals surface area contributed by atoms with Gasteiger partial charge in [-0.25, -0.2) is 4.39 Å². The second-order valence-electron chi connectivity index (χ2n) is 5.72. The van der Waals surface area contributed by atoms with Crippen LogP contribution in [0.1, 0.15) is 50.5 Å². The first-order chi connectivity index (χ1) is 9.97. The Hall–Kier alpha value is -1.75. The summed E-state index contributed by atoms with van der Waals surface area (Å²) in [5, 5.41) is 3.98. The second kappa shape index (κ2) is 6.80. The Bertz CT molecular complexity index is 595. The molecule has 21 heavy (non-hydrogen) atoms. The average molecular weight is 291 g/mol. The molecule has 1 heterocycles. The van der Waals surface area contributed by atoms with Crippen molar-refractivity contribution >= 4 is 0 Å². The normalized spacial score (nSPS) is 14.1. The van der Waals surface area contributed by atoms with Crippen LogP contribution < -0.4 is 5.73 Å². The first-order valence-electron chi connectivity index (χ1n) is 7.33. The van der Waals surface area contributed by atoms with Gasteiger partial charge in [-0.05, 0) is 44.4 Å². The molecule has 0 spiro atoms. The maximum absolute atomic E-state index is 13.3. The highest BCUT2D eigenvalue weighted by Gasteiger charge is 2.16. The van der Waals surface area contributed by atoms with Crippen LogP contribution in [0, 0.1) is 12.7 Å². The largest absolute Gasteiger partial charge is 0.339 e. The minimum atomic E-state index is -0.299. The molecule has 2 aromatic rings. The van der Waals surface area contributed by atoms with Gasteiger partial charge in [-0.2, -0.15) is 4.98 Å². The number of nitrogens with two attached hydrogens (primary N) is 1. The summed E-state index contributed by atoms with van der Waals surface area (Å²) in [5.41, 5.74) is 7.34. The number of hydrogen-bond acceptors (Lipinski definition) is 4. The molecule has 2 unspecified atom stereocenters. The highest BCUT2D eigenvalue weighted by molar-refractivity contribution is 5.59. The third-order valence-corrected chi connectivity index (χ3v) is 3.60. The third kappa shape index (κ3) is 4.11. The molecule has 2 rings (SSSR count). The predicted octanol–water partition coefficient (Wildman–Crippen LogP) is 3.81. The zero-order valence-corrected chi connectivity index (χ0v) is 12.8. The maximum atomic E-state index is 13.3. The fourth-order valence-corrected chi connectivity index (χ4v) is 2.25. The van der Waals surface area contributed by atoms with Crippen LogP contribution in [0.5, 0.6) is 0 Å². The average Bonchev–Trinajstić information content (AvgIpc) is 2.90.